The van der Waals surface area contributed by atoms with Crippen molar-refractivity contribution in [1.29, 1.82) is 0 Å². The monoisotopic (exact) mass is 328 g/mol. The number of hydrogen-bond donors (Lipinski definition) is 2. The van der Waals surface area contributed by atoms with Gasteiger partial charge in [-0.25, -0.2) is 0 Å². The zero-order valence-corrected chi connectivity index (χ0v) is 12.9. The van der Waals surface area contributed by atoms with E-state index >= 15 is 0 Å². The fraction of sp³-hybridized carbons (Fsp3) is 0.176. The first-order chi connectivity index (χ1) is 11.6. The van der Waals surface area contributed by atoms with Crippen molar-refractivity contribution in [3.05, 3.63) is 54.0 Å². The Balaban J connectivity index is 1.49. The number of para-hydroxylation sites is 2. The van der Waals surface area contributed by atoms with E-state index in [1.54, 1.807) is 30.3 Å². The molecule has 7 nitrogen and oxygen atoms in total. The highest BCUT2D eigenvalue weighted by molar-refractivity contribution is 5.93. The first kappa shape index (κ1) is 15.7. The molecule has 1 aromatic heterocycles. The number of nitrogens with one attached hydrogen (secondary N) is 2. The van der Waals surface area contributed by atoms with Crippen LogP contribution in [0.3, 0.4) is 0 Å². The number of rotatable bonds is 3. The Morgan fingerprint density at radius 2 is 1.92 bits per heavy atom. The summed E-state index contributed by atoms with van der Waals surface area (Å²) in [6.07, 6.45) is 1.92. The van der Waals surface area contributed by atoms with E-state index in [0.717, 1.165) is 5.76 Å². The molecule has 1 aliphatic heterocycles. The van der Waals surface area contributed by atoms with Crippen LogP contribution in [0.5, 0.6) is 11.5 Å². The summed E-state index contributed by atoms with van der Waals surface area (Å²) < 4.78 is 16.3. The average molecular weight is 328 g/mol. The number of furan rings is 1. The lowest BCUT2D eigenvalue weighted by Gasteiger charge is -2.25. The molecule has 24 heavy (non-hydrogen) atoms. The van der Waals surface area contributed by atoms with Crippen molar-refractivity contribution in [3.63, 3.8) is 0 Å². The third kappa shape index (κ3) is 3.75. The number of carbonyl (C=O) groups is 2. The van der Waals surface area contributed by atoms with Crippen LogP contribution in [0.1, 0.15) is 11.5 Å². The Morgan fingerprint density at radius 1 is 1.12 bits per heavy atom. The van der Waals surface area contributed by atoms with Crippen LogP contribution < -0.4 is 20.3 Å². The number of fused-ring (bicyclic) bond motifs is 1. The Hall–Kier alpha value is -3.22. The molecule has 1 aromatic carbocycles. The fourth-order valence-electron chi connectivity index (χ4n) is 2.09. The van der Waals surface area contributed by atoms with Crippen LogP contribution in [0.25, 0.3) is 6.08 Å². The number of hydrogen-bond acceptors (Lipinski definition) is 5. The average Bonchev–Trinajstić information content (AvgIpc) is 3.02. The van der Waals surface area contributed by atoms with Gasteiger partial charge < -0.3 is 13.9 Å². The number of hydrazine groups is 1. The summed E-state index contributed by atoms with van der Waals surface area (Å²) in [5.41, 5.74) is 4.58. The first-order valence-electron chi connectivity index (χ1n) is 7.34. The van der Waals surface area contributed by atoms with Gasteiger partial charge in [0.1, 0.15) is 18.1 Å². The summed E-state index contributed by atoms with van der Waals surface area (Å²) >= 11 is 0. The topological polar surface area (TPSA) is 89.8 Å². The second kappa shape index (κ2) is 6.91. The lowest BCUT2D eigenvalue weighted by atomic mass is 10.2. The molecule has 124 valence electrons. The Bertz CT molecular complexity index is 781. The highest BCUT2D eigenvalue weighted by Gasteiger charge is 2.27. The molecule has 1 aliphatic rings. The van der Waals surface area contributed by atoms with E-state index in [1.807, 2.05) is 13.0 Å². The molecule has 0 unspecified atom stereocenters. The van der Waals surface area contributed by atoms with Gasteiger partial charge in [0.25, 0.3) is 11.8 Å². The minimum atomic E-state index is -0.836. The van der Waals surface area contributed by atoms with Crippen LogP contribution in [-0.2, 0) is 9.59 Å². The minimum Gasteiger partial charge on any atom is -0.485 e. The van der Waals surface area contributed by atoms with Gasteiger partial charge in [-0.15, -0.1) is 0 Å². The van der Waals surface area contributed by atoms with Gasteiger partial charge in [0.05, 0.1) is 0 Å². The molecule has 0 spiro atoms. The van der Waals surface area contributed by atoms with Crippen molar-refractivity contribution in [1.82, 2.24) is 10.9 Å². The maximum atomic E-state index is 12.0. The van der Waals surface area contributed by atoms with Crippen LogP contribution in [-0.4, -0.2) is 24.5 Å². The third-order valence-electron chi connectivity index (χ3n) is 3.27. The molecule has 0 aliphatic carbocycles. The second-order valence-electron chi connectivity index (χ2n) is 5.12. The molecule has 0 radical (unpaired) electrons. The minimum absolute atomic E-state index is 0.0697. The highest BCUT2D eigenvalue weighted by atomic mass is 16.6. The van der Waals surface area contributed by atoms with Crippen LogP contribution in [0, 0.1) is 6.92 Å². The molecule has 2 heterocycles. The van der Waals surface area contributed by atoms with Crippen molar-refractivity contribution in [2.24, 2.45) is 0 Å². The van der Waals surface area contributed by atoms with Crippen molar-refractivity contribution in [2.75, 3.05) is 6.61 Å². The lowest BCUT2D eigenvalue weighted by molar-refractivity contribution is -0.134. The van der Waals surface area contributed by atoms with E-state index in [4.69, 9.17) is 13.9 Å². The van der Waals surface area contributed by atoms with Gasteiger partial charge in [-0.05, 0) is 37.3 Å². The molecular weight excluding hydrogens is 312 g/mol. The van der Waals surface area contributed by atoms with E-state index in [0.29, 0.717) is 17.3 Å². The number of benzene rings is 1. The van der Waals surface area contributed by atoms with Crippen LogP contribution >= 0.6 is 0 Å². The van der Waals surface area contributed by atoms with E-state index in [2.05, 4.69) is 10.9 Å². The summed E-state index contributed by atoms with van der Waals surface area (Å²) in [4.78, 5) is 23.7. The molecule has 0 fully saturated rings. The normalized spacial score (nSPS) is 16.0. The van der Waals surface area contributed by atoms with E-state index in [9.17, 15) is 9.59 Å². The predicted molar refractivity (Wildman–Crippen MR) is 85.1 cm³/mol. The number of carbonyl (C=O) groups excluding carboxylic acids is 2. The second-order valence-corrected chi connectivity index (χ2v) is 5.12. The highest BCUT2D eigenvalue weighted by Crippen LogP contribution is 2.30. The predicted octanol–water partition coefficient (Wildman–Crippen LogP) is 1.59. The van der Waals surface area contributed by atoms with E-state index in [1.165, 1.54) is 12.2 Å². The van der Waals surface area contributed by atoms with Gasteiger partial charge in [0.15, 0.2) is 11.5 Å². The van der Waals surface area contributed by atoms with E-state index < -0.39 is 17.9 Å². The molecule has 0 saturated heterocycles. The maximum absolute atomic E-state index is 12.0. The molecule has 0 saturated carbocycles. The van der Waals surface area contributed by atoms with Crippen LogP contribution in [0.15, 0.2) is 46.9 Å². The Kier molecular flexibility index (Phi) is 4.51. The number of aryl methyl sites for hydroxylation is 1. The van der Waals surface area contributed by atoms with Crippen molar-refractivity contribution in [2.45, 2.75) is 13.0 Å². The summed E-state index contributed by atoms with van der Waals surface area (Å²) in [6.45, 7) is 1.88. The van der Waals surface area contributed by atoms with E-state index in [-0.39, 0.29) is 6.61 Å². The molecule has 0 bridgehead atoms. The van der Waals surface area contributed by atoms with Crippen LogP contribution in [0.4, 0.5) is 0 Å². The van der Waals surface area contributed by atoms with Crippen molar-refractivity contribution >= 4 is 17.9 Å². The molecule has 2 N–H and O–H groups in total. The standard InChI is InChI=1S/C17H16N2O5/c1-11-6-7-12(23-11)8-9-16(20)18-19-17(21)15-10-22-13-4-2-3-5-14(13)24-15/h2-9,15H,10H2,1H3,(H,18,20)(H,19,21)/b9-8+/t15-/m1/s1. The summed E-state index contributed by atoms with van der Waals surface area (Å²) in [6, 6.07) is 10.6. The maximum Gasteiger partial charge on any atom is 0.283 e. The zero-order chi connectivity index (χ0) is 16.9. The molecule has 2 aromatic rings. The summed E-state index contributed by atoms with van der Waals surface area (Å²) in [7, 11) is 0. The van der Waals surface area contributed by atoms with Gasteiger partial charge in [0.2, 0.25) is 6.10 Å². The molecule has 2 amide bonds. The van der Waals surface area contributed by atoms with Gasteiger partial charge in [0, 0.05) is 6.08 Å². The Labute approximate surface area is 138 Å². The molecular formula is C17H16N2O5. The zero-order valence-electron chi connectivity index (χ0n) is 12.9. The van der Waals surface area contributed by atoms with Crippen LogP contribution in [0.2, 0.25) is 0 Å². The molecule has 7 heteroatoms. The third-order valence-corrected chi connectivity index (χ3v) is 3.27. The van der Waals surface area contributed by atoms with Gasteiger partial charge in [-0.3, -0.25) is 20.4 Å². The molecule has 1 atom stereocenters. The quantitative estimate of drug-likeness (QED) is 0.660. The summed E-state index contributed by atoms with van der Waals surface area (Å²) in [5.74, 6) is 1.38. The Morgan fingerprint density at radius 3 is 2.67 bits per heavy atom. The van der Waals surface area contributed by atoms with Crippen molar-refractivity contribution in [3.8, 4) is 11.5 Å². The largest absolute Gasteiger partial charge is 0.485 e. The smallest absolute Gasteiger partial charge is 0.283 e. The molecule has 3 rings (SSSR count). The van der Waals surface area contributed by atoms with Gasteiger partial charge in [-0.2, -0.15) is 0 Å². The SMILES string of the molecule is Cc1ccc(/C=C/C(=O)NNC(=O)[C@H]2COc3ccccc3O2)o1. The first-order valence-corrected chi connectivity index (χ1v) is 7.34. The van der Waals surface area contributed by atoms with Gasteiger partial charge in [-0.1, -0.05) is 12.1 Å². The fourth-order valence-corrected chi connectivity index (χ4v) is 2.09. The van der Waals surface area contributed by atoms with Crippen molar-refractivity contribution < 1.29 is 23.5 Å². The number of ether oxygens (including phenoxy) is 2. The summed E-state index contributed by atoms with van der Waals surface area (Å²) in [5, 5.41) is 0. The number of amides is 2. The lowest BCUT2D eigenvalue weighted by Crippen LogP contribution is -2.50. The van der Waals surface area contributed by atoms with Gasteiger partial charge >= 0.3 is 0 Å².